The van der Waals surface area contributed by atoms with Gasteiger partial charge in [0.2, 0.25) is 0 Å². The Morgan fingerprint density at radius 3 is 1.83 bits per heavy atom. The summed E-state index contributed by atoms with van der Waals surface area (Å²) in [4.78, 5) is 25.2. The average molecular weight is 400 g/mol. The molecule has 0 aliphatic carbocycles. The molecule has 2 unspecified atom stereocenters. The van der Waals surface area contributed by atoms with Gasteiger partial charge in [0.15, 0.2) is 11.5 Å². The van der Waals surface area contributed by atoms with E-state index in [2.05, 4.69) is 0 Å². The number of phenolic OH excluding ortho intramolecular Hbond substituents is 1. The standard InChI is InChI=1S/C23H28O6/c1-14-6-7-16(10-15(14)2)11-18(22(25)28-4)19(23(26)29-5)12-17-8-9-20(24)21(13-17)27-3/h6-10,13,18-19,24H,11-12H2,1-5H3. The van der Waals surface area contributed by atoms with E-state index in [1.807, 2.05) is 32.0 Å². The lowest BCUT2D eigenvalue weighted by Gasteiger charge is -2.24. The molecule has 0 aromatic heterocycles. The van der Waals surface area contributed by atoms with Crippen molar-refractivity contribution in [3.8, 4) is 11.5 Å². The monoisotopic (exact) mass is 400 g/mol. The van der Waals surface area contributed by atoms with Gasteiger partial charge in [0, 0.05) is 0 Å². The molecule has 29 heavy (non-hydrogen) atoms. The number of aromatic hydroxyl groups is 1. The fourth-order valence-corrected chi connectivity index (χ4v) is 3.37. The molecule has 156 valence electrons. The molecule has 0 saturated carbocycles. The van der Waals surface area contributed by atoms with Crippen LogP contribution in [-0.4, -0.2) is 38.4 Å². The number of ether oxygens (including phenoxy) is 3. The second-order valence-corrected chi connectivity index (χ2v) is 7.09. The first-order valence-electron chi connectivity index (χ1n) is 9.38. The highest BCUT2D eigenvalue weighted by Crippen LogP contribution is 2.30. The predicted molar refractivity (Wildman–Crippen MR) is 109 cm³/mol. The first-order chi connectivity index (χ1) is 13.8. The minimum Gasteiger partial charge on any atom is -0.504 e. The Bertz CT molecular complexity index is 874. The fourth-order valence-electron chi connectivity index (χ4n) is 3.37. The van der Waals surface area contributed by atoms with Crippen LogP contribution in [0.2, 0.25) is 0 Å². The van der Waals surface area contributed by atoms with Gasteiger partial charge in [-0.15, -0.1) is 0 Å². The van der Waals surface area contributed by atoms with Crippen molar-refractivity contribution in [1.29, 1.82) is 0 Å². The summed E-state index contributed by atoms with van der Waals surface area (Å²) in [5.41, 5.74) is 3.96. The number of hydrogen-bond acceptors (Lipinski definition) is 6. The minimum atomic E-state index is -0.747. The van der Waals surface area contributed by atoms with E-state index in [0.717, 1.165) is 22.3 Å². The molecule has 0 aliphatic heterocycles. The lowest BCUT2D eigenvalue weighted by atomic mass is 9.82. The molecule has 2 aromatic carbocycles. The normalized spacial score (nSPS) is 12.7. The predicted octanol–water partition coefficient (Wildman–Crippen LogP) is 3.38. The summed E-state index contributed by atoms with van der Waals surface area (Å²) in [7, 11) is 4.07. The summed E-state index contributed by atoms with van der Waals surface area (Å²) in [6.45, 7) is 4.03. The molecule has 0 saturated heterocycles. The van der Waals surface area contributed by atoms with Gasteiger partial charge in [-0.25, -0.2) is 0 Å². The van der Waals surface area contributed by atoms with Crippen molar-refractivity contribution in [2.75, 3.05) is 21.3 Å². The Morgan fingerprint density at radius 1 is 0.828 bits per heavy atom. The van der Waals surface area contributed by atoms with Gasteiger partial charge >= 0.3 is 11.9 Å². The number of methoxy groups -OCH3 is 3. The highest BCUT2D eigenvalue weighted by atomic mass is 16.5. The molecular formula is C23H28O6. The van der Waals surface area contributed by atoms with E-state index in [-0.39, 0.29) is 12.2 Å². The van der Waals surface area contributed by atoms with E-state index in [0.29, 0.717) is 12.2 Å². The van der Waals surface area contributed by atoms with E-state index < -0.39 is 23.8 Å². The van der Waals surface area contributed by atoms with Gasteiger partial charge in [-0.2, -0.15) is 0 Å². The maximum atomic E-state index is 12.6. The van der Waals surface area contributed by atoms with Crippen LogP contribution in [0.25, 0.3) is 0 Å². The van der Waals surface area contributed by atoms with E-state index in [9.17, 15) is 14.7 Å². The molecule has 0 fully saturated rings. The van der Waals surface area contributed by atoms with Gasteiger partial charge in [-0.05, 0) is 61.1 Å². The maximum Gasteiger partial charge on any atom is 0.309 e. The highest BCUT2D eigenvalue weighted by molar-refractivity contribution is 5.82. The molecule has 6 nitrogen and oxygen atoms in total. The van der Waals surface area contributed by atoms with Gasteiger partial charge in [0.05, 0.1) is 33.2 Å². The number of rotatable bonds is 8. The molecule has 0 spiro atoms. The van der Waals surface area contributed by atoms with Crippen LogP contribution >= 0.6 is 0 Å². The molecule has 0 bridgehead atoms. The minimum absolute atomic E-state index is 0.00511. The van der Waals surface area contributed by atoms with Crippen molar-refractivity contribution in [3.05, 3.63) is 58.7 Å². The SMILES string of the molecule is COC(=O)C(Cc1ccc(C)c(C)c1)C(Cc1ccc(O)c(OC)c1)C(=O)OC. The van der Waals surface area contributed by atoms with Crippen molar-refractivity contribution < 1.29 is 28.9 Å². The second kappa shape index (κ2) is 9.96. The zero-order chi connectivity index (χ0) is 21.6. The van der Waals surface area contributed by atoms with Gasteiger partial charge in [-0.1, -0.05) is 24.3 Å². The summed E-state index contributed by atoms with van der Waals surface area (Å²) in [5, 5.41) is 9.81. The zero-order valence-electron chi connectivity index (χ0n) is 17.5. The Hall–Kier alpha value is -3.02. The Kier molecular flexibility index (Phi) is 7.65. The van der Waals surface area contributed by atoms with Crippen LogP contribution in [0.5, 0.6) is 11.5 Å². The first-order valence-corrected chi connectivity index (χ1v) is 9.38. The zero-order valence-corrected chi connectivity index (χ0v) is 17.5. The number of phenols is 1. The van der Waals surface area contributed by atoms with Crippen molar-refractivity contribution in [2.24, 2.45) is 11.8 Å². The third-order valence-electron chi connectivity index (χ3n) is 5.22. The highest BCUT2D eigenvalue weighted by Gasteiger charge is 2.36. The molecule has 0 amide bonds. The summed E-state index contributed by atoms with van der Waals surface area (Å²) in [6, 6.07) is 10.8. The lowest BCUT2D eigenvalue weighted by molar-refractivity contribution is -0.157. The largest absolute Gasteiger partial charge is 0.504 e. The summed E-state index contributed by atoms with van der Waals surface area (Å²) in [6.07, 6.45) is 0.594. The van der Waals surface area contributed by atoms with Crippen LogP contribution in [-0.2, 0) is 31.9 Å². The Balaban J connectivity index is 2.39. The van der Waals surface area contributed by atoms with Gasteiger partial charge in [0.25, 0.3) is 0 Å². The van der Waals surface area contributed by atoms with Crippen molar-refractivity contribution in [1.82, 2.24) is 0 Å². The van der Waals surface area contributed by atoms with Crippen LogP contribution in [0.15, 0.2) is 36.4 Å². The van der Waals surface area contributed by atoms with Gasteiger partial charge in [0.1, 0.15) is 0 Å². The van der Waals surface area contributed by atoms with Crippen molar-refractivity contribution in [3.63, 3.8) is 0 Å². The number of aryl methyl sites for hydroxylation is 2. The number of hydrogen-bond donors (Lipinski definition) is 1. The number of carbonyl (C=O) groups excluding carboxylic acids is 2. The average Bonchev–Trinajstić information content (AvgIpc) is 2.73. The molecule has 2 atom stereocenters. The summed E-state index contributed by atoms with van der Waals surface area (Å²) in [5.74, 6) is -2.11. The third-order valence-corrected chi connectivity index (χ3v) is 5.22. The van der Waals surface area contributed by atoms with Gasteiger partial charge in [-0.3, -0.25) is 9.59 Å². The van der Waals surface area contributed by atoms with E-state index in [1.165, 1.54) is 27.4 Å². The number of carbonyl (C=O) groups is 2. The summed E-state index contributed by atoms with van der Waals surface area (Å²) < 4.78 is 15.1. The topological polar surface area (TPSA) is 82.1 Å². The number of benzene rings is 2. The molecule has 2 rings (SSSR count). The molecule has 0 radical (unpaired) electrons. The smallest absolute Gasteiger partial charge is 0.309 e. The van der Waals surface area contributed by atoms with Crippen LogP contribution in [0.4, 0.5) is 0 Å². The van der Waals surface area contributed by atoms with E-state index >= 15 is 0 Å². The van der Waals surface area contributed by atoms with E-state index in [1.54, 1.807) is 12.1 Å². The molecular weight excluding hydrogens is 372 g/mol. The molecule has 1 N–H and O–H groups in total. The quantitative estimate of drug-likeness (QED) is 0.684. The fraction of sp³-hybridized carbons (Fsp3) is 0.391. The van der Waals surface area contributed by atoms with Gasteiger partial charge < -0.3 is 19.3 Å². The Morgan fingerprint density at radius 2 is 1.34 bits per heavy atom. The van der Waals surface area contributed by atoms with Crippen LogP contribution in [0.1, 0.15) is 22.3 Å². The van der Waals surface area contributed by atoms with Crippen molar-refractivity contribution in [2.45, 2.75) is 26.7 Å². The van der Waals surface area contributed by atoms with Crippen LogP contribution in [0.3, 0.4) is 0 Å². The molecule has 0 heterocycles. The second-order valence-electron chi connectivity index (χ2n) is 7.09. The lowest BCUT2D eigenvalue weighted by Crippen LogP contribution is -2.35. The van der Waals surface area contributed by atoms with Crippen molar-refractivity contribution >= 4 is 11.9 Å². The van der Waals surface area contributed by atoms with Crippen LogP contribution < -0.4 is 4.74 Å². The maximum absolute atomic E-state index is 12.6. The first kappa shape index (κ1) is 22.3. The Labute approximate surface area is 171 Å². The molecule has 6 heteroatoms. The summed E-state index contributed by atoms with van der Waals surface area (Å²) >= 11 is 0. The van der Waals surface area contributed by atoms with E-state index in [4.69, 9.17) is 14.2 Å². The van der Waals surface area contributed by atoms with Crippen LogP contribution in [0, 0.1) is 25.7 Å². The molecule has 2 aromatic rings. The number of esters is 2. The molecule has 0 aliphatic rings. The third kappa shape index (κ3) is 5.50.